The molecule has 0 unspecified atom stereocenters. The van der Waals surface area contributed by atoms with Crippen molar-refractivity contribution in [2.24, 2.45) is 52.8 Å². The Labute approximate surface area is 272 Å². The molecule has 3 heterocycles. The standard InChI is InChI=1S/C37H62N4O4/c1-24-10-13-37(44-23-24)25(2)35-29-8-9-31-28(30(29)21-32(35)45-37)7-6-26-20-27(11-12-36(26,31)3)38-33(42)22-34(43)41-18-16-40(17-19-41)15-14-39(4)5/h24-32,35H,6-23H2,1-5H3,(H,38,42)/t24-,25-,26+,27+,28-,29-,30-,31-,32-,35+,36-,37+/m0/s1. The molecule has 1 N–H and O–H groups in total. The fourth-order valence-electron chi connectivity index (χ4n) is 12.0. The van der Waals surface area contributed by atoms with Gasteiger partial charge in [-0.1, -0.05) is 20.8 Å². The Bertz CT molecular complexity index is 1080. The van der Waals surface area contributed by atoms with Crippen LogP contribution in [-0.4, -0.2) is 104 Å². The van der Waals surface area contributed by atoms with Gasteiger partial charge in [0.25, 0.3) is 0 Å². The molecule has 7 rings (SSSR count). The van der Waals surface area contributed by atoms with Crippen LogP contribution < -0.4 is 5.32 Å². The van der Waals surface area contributed by atoms with Gasteiger partial charge in [-0.15, -0.1) is 0 Å². The molecular formula is C37H62N4O4. The average molecular weight is 627 g/mol. The fraction of sp³-hybridized carbons (Fsp3) is 0.946. The summed E-state index contributed by atoms with van der Waals surface area (Å²) in [6.07, 6.45) is 12.7. The minimum Gasteiger partial charge on any atom is -0.353 e. The number of hydrogen-bond acceptors (Lipinski definition) is 6. The van der Waals surface area contributed by atoms with Gasteiger partial charge in [0.1, 0.15) is 6.42 Å². The zero-order chi connectivity index (χ0) is 31.5. The molecule has 0 aromatic heterocycles. The van der Waals surface area contributed by atoms with Crippen LogP contribution in [0.4, 0.5) is 0 Å². The summed E-state index contributed by atoms with van der Waals surface area (Å²) in [4.78, 5) is 32.5. The van der Waals surface area contributed by atoms with Crippen molar-refractivity contribution in [1.82, 2.24) is 20.0 Å². The number of likely N-dealkylation sites (N-methyl/N-ethyl adjacent to an activating group) is 1. The molecule has 4 aliphatic carbocycles. The van der Waals surface area contributed by atoms with Crippen molar-refractivity contribution >= 4 is 11.8 Å². The first-order valence-electron chi connectivity index (χ1n) is 18.8. The molecule has 7 fully saturated rings. The van der Waals surface area contributed by atoms with Crippen LogP contribution in [0, 0.1) is 52.8 Å². The van der Waals surface area contributed by atoms with Crippen molar-refractivity contribution in [3.63, 3.8) is 0 Å². The van der Waals surface area contributed by atoms with Crippen molar-refractivity contribution < 1.29 is 19.1 Å². The number of nitrogens with one attached hydrogen (secondary N) is 1. The summed E-state index contributed by atoms with van der Waals surface area (Å²) in [5.41, 5.74) is 0.380. The number of ether oxygens (including phenoxy) is 2. The van der Waals surface area contributed by atoms with Gasteiger partial charge >= 0.3 is 0 Å². The second kappa shape index (κ2) is 12.7. The van der Waals surface area contributed by atoms with Crippen LogP contribution >= 0.6 is 0 Å². The van der Waals surface area contributed by atoms with Crippen LogP contribution in [0.5, 0.6) is 0 Å². The van der Waals surface area contributed by atoms with Gasteiger partial charge in [0.15, 0.2) is 5.79 Å². The number of amides is 2. The topological polar surface area (TPSA) is 74.3 Å². The van der Waals surface area contributed by atoms with E-state index in [1.54, 1.807) is 0 Å². The van der Waals surface area contributed by atoms with E-state index in [1.165, 1.54) is 44.9 Å². The lowest BCUT2D eigenvalue weighted by molar-refractivity contribution is -0.272. The Hall–Kier alpha value is -1.22. The van der Waals surface area contributed by atoms with Crippen LogP contribution in [0.25, 0.3) is 0 Å². The van der Waals surface area contributed by atoms with Crippen molar-refractivity contribution in [3.05, 3.63) is 0 Å². The Kier molecular flexibility index (Phi) is 9.10. The molecule has 4 saturated carbocycles. The first-order valence-corrected chi connectivity index (χ1v) is 18.8. The lowest BCUT2D eigenvalue weighted by Crippen LogP contribution is -2.54. The Morgan fingerprint density at radius 1 is 0.911 bits per heavy atom. The Morgan fingerprint density at radius 2 is 1.69 bits per heavy atom. The maximum absolute atomic E-state index is 13.1. The van der Waals surface area contributed by atoms with Crippen LogP contribution in [0.2, 0.25) is 0 Å². The number of piperazine rings is 1. The van der Waals surface area contributed by atoms with Crippen molar-refractivity contribution in [2.75, 3.05) is 60.0 Å². The highest BCUT2D eigenvalue weighted by Crippen LogP contribution is 2.67. The van der Waals surface area contributed by atoms with Gasteiger partial charge in [0, 0.05) is 57.6 Å². The minimum absolute atomic E-state index is 0.00191. The molecule has 7 aliphatic rings. The molecule has 0 radical (unpaired) electrons. The van der Waals surface area contributed by atoms with Crippen molar-refractivity contribution in [3.8, 4) is 0 Å². The summed E-state index contributed by atoms with van der Waals surface area (Å²) >= 11 is 0. The molecular weight excluding hydrogens is 564 g/mol. The molecule has 45 heavy (non-hydrogen) atoms. The normalized spacial score (nSPS) is 46.4. The summed E-state index contributed by atoms with van der Waals surface area (Å²) in [6.45, 7) is 13.5. The zero-order valence-corrected chi connectivity index (χ0v) is 29.0. The molecule has 2 amide bonds. The Balaban J connectivity index is 0.898. The van der Waals surface area contributed by atoms with Gasteiger partial charge in [-0.2, -0.15) is 0 Å². The third-order valence-electron chi connectivity index (χ3n) is 14.6. The molecule has 254 valence electrons. The lowest BCUT2D eigenvalue weighted by atomic mass is 9.46. The molecule has 1 spiro atoms. The quantitative estimate of drug-likeness (QED) is 0.434. The number of carbonyl (C=O) groups excluding carboxylic acids is 2. The van der Waals surface area contributed by atoms with Crippen LogP contribution in [0.15, 0.2) is 0 Å². The summed E-state index contributed by atoms with van der Waals surface area (Å²) in [7, 11) is 4.19. The summed E-state index contributed by atoms with van der Waals surface area (Å²) in [6, 6.07) is 0.216. The van der Waals surface area contributed by atoms with E-state index in [4.69, 9.17) is 9.47 Å². The SMILES string of the molecule is C[C@H]1CC[C@@]2(OC1)O[C@H]1C[C@@H]3[C@H](CC[C@H]4[C@H]3CC[C@@H]3C[C@H](NC(=O)CC(=O)N5CCN(CCN(C)C)CC5)CC[C@@]34C)[C@H]1[C@@H]2C. The van der Waals surface area contributed by atoms with E-state index in [-0.39, 0.29) is 30.1 Å². The largest absolute Gasteiger partial charge is 0.353 e. The number of carbonyl (C=O) groups is 2. The van der Waals surface area contributed by atoms with E-state index >= 15 is 0 Å². The monoisotopic (exact) mass is 626 g/mol. The molecule has 3 saturated heterocycles. The lowest BCUT2D eigenvalue weighted by Gasteiger charge is -2.59. The second-order valence-electron chi connectivity index (χ2n) is 17.2. The molecule has 8 nitrogen and oxygen atoms in total. The predicted octanol–water partition coefficient (Wildman–Crippen LogP) is 4.62. The third kappa shape index (κ3) is 6.01. The first-order chi connectivity index (χ1) is 21.6. The van der Waals surface area contributed by atoms with Gasteiger partial charge in [-0.05, 0) is 119 Å². The maximum Gasteiger partial charge on any atom is 0.232 e. The number of rotatable bonds is 6. The molecule has 0 aromatic carbocycles. The van der Waals surface area contributed by atoms with Gasteiger partial charge in [-0.25, -0.2) is 0 Å². The van der Waals surface area contributed by atoms with E-state index in [0.717, 1.165) is 88.8 Å². The average Bonchev–Trinajstić information content (AvgIpc) is 3.51. The van der Waals surface area contributed by atoms with Crippen molar-refractivity contribution in [2.45, 2.75) is 109 Å². The van der Waals surface area contributed by atoms with E-state index in [9.17, 15) is 9.59 Å². The summed E-state index contributed by atoms with van der Waals surface area (Å²) < 4.78 is 13.4. The smallest absolute Gasteiger partial charge is 0.232 e. The predicted molar refractivity (Wildman–Crippen MR) is 175 cm³/mol. The van der Waals surface area contributed by atoms with E-state index in [0.29, 0.717) is 35.2 Å². The number of nitrogens with zero attached hydrogens (tertiary/aromatic N) is 3. The van der Waals surface area contributed by atoms with Gasteiger partial charge < -0.3 is 24.6 Å². The fourth-order valence-corrected chi connectivity index (χ4v) is 12.0. The van der Waals surface area contributed by atoms with E-state index in [1.807, 2.05) is 4.90 Å². The van der Waals surface area contributed by atoms with Crippen LogP contribution in [-0.2, 0) is 19.1 Å². The summed E-state index contributed by atoms with van der Waals surface area (Å²) in [5.74, 6) is 5.41. The second-order valence-corrected chi connectivity index (χ2v) is 17.2. The van der Waals surface area contributed by atoms with E-state index in [2.05, 4.69) is 50.0 Å². The summed E-state index contributed by atoms with van der Waals surface area (Å²) in [5, 5.41) is 3.32. The van der Waals surface area contributed by atoms with E-state index < -0.39 is 0 Å². The zero-order valence-electron chi connectivity index (χ0n) is 29.0. The highest BCUT2D eigenvalue weighted by Gasteiger charge is 2.65. The maximum atomic E-state index is 13.1. The van der Waals surface area contributed by atoms with Gasteiger partial charge in [0.2, 0.25) is 11.8 Å². The van der Waals surface area contributed by atoms with Crippen molar-refractivity contribution in [1.29, 1.82) is 0 Å². The van der Waals surface area contributed by atoms with Gasteiger partial charge in [-0.3, -0.25) is 14.5 Å². The number of hydrogen-bond donors (Lipinski definition) is 1. The third-order valence-corrected chi connectivity index (χ3v) is 14.6. The highest BCUT2D eigenvalue weighted by atomic mass is 16.7. The molecule has 0 aromatic rings. The molecule has 3 aliphatic heterocycles. The molecule has 12 atom stereocenters. The highest BCUT2D eigenvalue weighted by molar-refractivity contribution is 5.97. The Morgan fingerprint density at radius 3 is 2.42 bits per heavy atom. The first kappa shape index (κ1) is 32.3. The molecule has 8 heteroatoms. The van der Waals surface area contributed by atoms with Crippen LogP contribution in [0.1, 0.15) is 91.4 Å². The van der Waals surface area contributed by atoms with Gasteiger partial charge in [0.05, 0.1) is 12.7 Å². The van der Waals surface area contributed by atoms with Crippen LogP contribution in [0.3, 0.4) is 0 Å². The molecule has 0 bridgehead atoms. The number of fused-ring (bicyclic) bond motifs is 7. The minimum atomic E-state index is -0.304.